The summed E-state index contributed by atoms with van der Waals surface area (Å²) in [5, 5.41) is 0. The number of likely N-dealkylation sites (tertiary alicyclic amines) is 1. The summed E-state index contributed by atoms with van der Waals surface area (Å²) < 4.78 is 5.19. The van der Waals surface area contributed by atoms with E-state index in [0.717, 1.165) is 19.5 Å². The van der Waals surface area contributed by atoms with Crippen molar-refractivity contribution < 1.29 is 9.53 Å². The van der Waals surface area contributed by atoms with E-state index in [-0.39, 0.29) is 11.3 Å². The summed E-state index contributed by atoms with van der Waals surface area (Å²) in [6, 6.07) is 0. The van der Waals surface area contributed by atoms with Gasteiger partial charge in [-0.3, -0.25) is 4.79 Å². The molecule has 96 valence electrons. The number of amides is 1. The average molecular weight is 229 g/mol. The molecule has 3 nitrogen and oxygen atoms in total. The molecule has 0 radical (unpaired) electrons. The van der Waals surface area contributed by atoms with Crippen LogP contribution in [0.3, 0.4) is 0 Å². The number of carbonyl (C=O) groups is 1. The molecule has 1 rings (SSSR count). The van der Waals surface area contributed by atoms with Crippen LogP contribution in [-0.4, -0.2) is 36.6 Å². The molecule has 1 heterocycles. The van der Waals surface area contributed by atoms with Crippen LogP contribution in [0.15, 0.2) is 0 Å². The third kappa shape index (κ3) is 3.78. The van der Waals surface area contributed by atoms with Crippen LogP contribution in [0.2, 0.25) is 0 Å². The molecule has 1 amide bonds. The molecule has 0 aliphatic carbocycles. The van der Waals surface area contributed by atoms with Crippen LogP contribution in [0.25, 0.3) is 0 Å². The second kappa shape index (κ2) is 5.67. The Bertz CT molecular complexity index is 234. The smallest absolute Gasteiger partial charge is 0.254 e. The maximum absolute atomic E-state index is 12.0. The monoisotopic (exact) mass is 229 g/mol. The van der Waals surface area contributed by atoms with Gasteiger partial charge in [0, 0.05) is 20.2 Å². The van der Waals surface area contributed by atoms with Gasteiger partial charge >= 0.3 is 0 Å². The van der Waals surface area contributed by atoms with Crippen LogP contribution >= 0.6 is 0 Å². The van der Waals surface area contributed by atoms with Gasteiger partial charge in [-0.2, -0.15) is 0 Å². The van der Waals surface area contributed by atoms with Crippen LogP contribution in [0.4, 0.5) is 0 Å². The molecule has 0 bridgehead atoms. The van der Waals surface area contributed by atoms with Crippen molar-refractivity contribution in [2.24, 2.45) is 5.41 Å². The molecule has 1 saturated heterocycles. The summed E-state index contributed by atoms with van der Waals surface area (Å²) in [5.74, 6) is 0.102. The van der Waals surface area contributed by atoms with Crippen LogP contribution < -0.4 is 0 Å². The molecule has 0 spiro atoms. The Labute approximate surface area is 100 Å². The minimum absolute atomic E-state index is 0.102. The number of rotatable bonds is 2. The number of hydrogen-bond acceptors (Lipinski definition) is 2. The first-order valence-corrected chi connectivity index (χ1v) is 6.13. The lowest BCUT2D eigenvalue weighted by Crippen LogP contribution is -2.45. The minimum atomic E-state index is -0.680. The Morgan fingerprint density at radius 2 is 1.81 bits per heavy atom. The van der Waals surface area contributed by atoms with Crippen molar-refractivity contribution in [1.29, 1.82) is 0 Å². The molecule has 0 atom stereocenters. The predicted octanol–water partition coefficient (Wildman–Crippen LogP) is 2.70. The number of nitrogens with zero attached hydrogens (tertiary/aromatic N) is 1. The quantitative estimate of drug-likeness (QED) is 0.728. The Hall–Kier alpha value is -0.570. The van der Waals surface area contributed by atoms with Crippen molar-refractivity contribution in [2.75, 3.05) is 20.2 Å². The highest BCUT2D eigenvalue weighted by Gasteiger charge is 2.38. The maximum atomic E-state index is 12.0. The number of ether oxygens (including phenoxy) is 1. The van der Waals surface area contributed by atoms with Gasteiger partial charge in [-0.05, 0) is 25.7 Å². The van der Waals surface area contributed by atoms with E-state index in [1.807, 2.05) is 32.6 Å². The summed E-state index contributed by atoms with van der Waals surface area (Å²) in [6.45, 7) is 13.7. The molecular formula is C13H27NO2. The molecule has 0 N–H and O–H groups in total. The van der Waals surface area contributed by atoms with Crippen molar-refractivity contribution in [1.82, 2.24) is 4.90 Å². The predicted molar refractivity (Wildman–Crippen MR) is 67.4 cm³/mol. The number of hydrogen-bond donors (Lipinski definition) is 0. The zero-order valence-corrected chi connectivity index (χ0v) is 11.9. The van der Waals surface area contributed by atoms with Crippen LogP contribution in [-0.2, 0) is 9.53 Å². The fraction of sp³-hybridized carbons (Fsp3) is 0.923. The topological polar surface area (TPSA) is 29.5 Å². The largest absolute Gasteiger partial charge is 0.369 e. The summed E-state index contributed by atoms with van der Waals surface area (Å²) in [7, 11) is 1.58. The van der Waals surface area contributed by atoms with Crippen molar-refractivity contribution in [3.63, 3.8) is 0 Å². The molecule has 3 heteroatoms. The molecule has 1 aliphatic rings. The second-order valence-corrected chi connectivity index (χ2v) is 5.36. The Morgan fingerprint density at radius 1 is 1.31 bits per heavy atom. The maximum Gasteiger partial charge on any atom is 0.254 e. The van der Waals surface area contributed by atoms with E-state index in [9.17, 15) is 4.79 Å². The van der Waals surface area contributed by atoms with Crippen molar-refractivity contribution >= 4 is 5.91 Å². The molecule has 0 unspecified atom stereocenters. The van der Waals surface area contributed by atoms with Crippen molar-refractivity contribution in [3.05, 3.63) is 0 Å². The average Bonchev–Trinajstić information content (AvgIpc) is 2.60. The van der Waals surface area contributed by atoms with Gasteiger partial charge < -0.3 is 9.64 Å². The lowest BCUT2D eigenvalue weighted by molar-refractivity contribution is -0.150. The van der Waals surface area contributed by atoms with E-state index in [1.54, 1.807) is 7.11 Å². The summed E-state index contributed by atoms with van der Waals surface area (Å²) in [4.78, 5) is 13.9. The van der Waals surface area contributed by atoms with Crippen molar-refractivity contribution in [3.8, 4) is 0 Å². The molecule has 0 aromatic heterocycles. The Kier molecular flexibility index (Phi) is 5.47. The zero-order valence-electron chi connectivity index (χ0n) is 11.9. The molecule has 16 heavy (non-hydrogen) atoms. The summed E-state index contributed by atoms with van der Waals surface area (Å²) in [6.07, 6.45) is 1.08. The highest BCUT2D eigenvalue weighted by atomic mass is 16.5. The standard InChI is InChI=1S/C11H21NO2.C2H6/c1-10(2)6-7-12(8-10)9(13)11(3,4)14-5;1-2/h6-8H2,1-5H3;1-2H3. The highest BCUT2D eigenvalue weighted by molar-refractivity contribution is 5.84. The van der Waals surface area contributed by atoms with Gasteiger partial charge in [-0.1, -0.05) is 27.7 Å². The second-order valence-electron chi connectivity index (χ2n) is 5.36. The first-order valence-electron chi connectivity index (χ1n) is 6.13. The van der Waals surface area contributed by atoms with Gasteiger partial charge in [0.15, 0.2) is 0 Å². The summed E-state index contributed by atoms with van der Waals surface area (Å²) in [5.41, 5.74) is -0.417. The fourth-order valence-electron chi connectivity index (χ4n) is 1.75. The van der Waals surface area contributed by atoms with E-state index in [0.29, 0.717) is 0 Å². The first-order chi connectivity index (χ1) is 7.28. The molecule has 0 saturated carbocycles. The first kappa shape index (κ1) is 15.4. The normalized spacial score (nSPS) is 19.1. The molecular weight excluding hydrogens is 202 g/mol. The highest BCUT2D eigenvalue weighted by Crippen LogP contribution is 2.30. The number of carbonyl (C=O) groups excluding carboxylic acids is 1. The number of methoxy groups -OCH3 is 1. The lowest BCUT2D eigenvalue weighted by Gasteiger charge is -2.28. The molecule has 0 aromatic carbocycles. The van der Waals surface area contributed by atoms with Crippen molar-refractivity contribution in [2.45, 2.75) is 53.6 Å². The lowest BCUT2D eigenvalue weighted by atomic mass is 9.93. The minimum Gasteiger partial charge on any atom is -0.369 e. The molecule has 0 aromatic rings. The van der Waals surface area contributed by atoms with Gasteiger partial charge in [0.05, 0.1) is 0 Å². The van der Waals surface area contributed by atoms with E-state index >= 15 is 0 Å². The van der Waals surface area contributed by atoms with Gasteiger partial charge in [-0.15, -0.1) is 0 Å². The third-order valence-corrected chi connectivity index (χ3v) is 2.99. The van der Waals surface area contributed by atoms with E-state index in [4.69, 9.17) is 4.74 Å². The zero-order chi connectivity index (χ0) is 13.0. The van der Waals surface area contributed by atoms with E-state index < -0.39 is 5.60 Å². The third-order valence-electron chi connectivity index (χ3n) is 2.99. The van der Waals surface area contributed by atoms with Gasteiger partial charge in [0.2, 0.25) is 0 Å². The fourth-order valence-corrected chi connectivity index (χ4v) is 1.75. The molecule has 1 fully saturated rings. The van der Waals surface area contributed by atoms with Crippen LogP contribution in [0, 0.1) is 5.41 Å². The van der Waals surface area contributed by atoms with Crippen LogP contribution in [0.1, 0.15) is 48.0 Å². The van der Waals surface area contributed by atoms with E-state index in [1.165, 1.54) is 0 Å². The van der Waals surface area contributed by atoms with Gasteiger partial charge in [0.25, 0.3) is 5.91 Å². The molecule has 1 aliphatic heterocycles. The van der Waals surface area contributed by atoms with Crippen LogP contribution in [0.5, 0.6) is 0 Å². The summed E-state index contributed by atoms with van der Waals surface area (Å²) >= 11 is 0. The Morgan fingerprint density at radius 3 is 2.12 bits per heavy atom. The van der Waals surface area contributed by atoms with E-state index in [2.05, 4.69) is 13.8 Å². The Balaban J connectivity index is 0.00000106. The van der Waals surface area contributed by atoms with Gasteiger partial charge in [-0.25, -0.2) is 0 Å². The SMILES string of the molecule is CC.COC(C)(C)C(=O)N1CCC(C)(C)C1. The van der Waals surface area contributed by atoms with Gasteiger partial charge in [0.1, 0.15) is 5.60 Å².